The Morgan fingerprint density at radius 3 is 2.73 bits per heavy atom. The molecule has 0 aliphatic carbocycles. The molecule has 3 rings (SSSR count). The molecule has 1 saturated heterocycles. The average molecular weight is 354 g/mol. The molecule has 0 bridgehead atoms. The lowest BCUT2D eigenvalue weighted by Crippen LogP contribution is -2.50. The summed E-state index contributed by atoms with van der Waals surface area (Å²) < 4.78 is 0. The lowest BCUT2D eigenvalue weighted by Gasteiger charge is -2.36. The Labute approximate surface area is 154 Å². The number of nitrogen functional groups attached to an aromatic ring is 1. The third kappa shape index (κ3) is 4.20. The molecule has 1 aliphatic heterocycles. The number of aryl methyl sites for hydroxylation is 1. The van der Waals surface area contributed by atoms with Crippen LogP contribution in [-0.2, 0) is 0 Å². The summed E-state index contributed by atoms with van der Waals surface area (Å²) in [7, 11) is 2.04. The quantitative estimate of drug-likeness (QED) is 0.779. The number of aliphatic hydroxyl groups is 1. The van der Waals surface area contributed by atoms with Gasteiger partial charge in [0.1, 0.15) is 5.82 Å². The molecule has 6 heteroatoms. The summed E-state index contributed by atoms with van der Waals surface area (Å²) in [4.78, 5) is 18.9. The Hall–Kier alpha value is -2.44. The molecule has 1 fully saturated rings. The molecule has 0 saturated carbocycles. The van der Waals surface area contributed by atoms with Crippen molar-refractivity contribution in [3.8, 4) is 11.1 Å². The van der Waals surface area contributed by atoms with Gasteiger partial charge in [-0.25, -0.2) is 4.98 Å². The van der Waals surface area contributed by atoms with E-state index in [9.17, 15) is 9.90 Å². The highest BCUT2D eigenvalue weighted by Crippen LogP contribution is 2.23. The van der Waals surface area contributed by atoms with Gasteiger partial charge in [0, 0.05) is 37.0 Å². The van der Waals surface area contributed by atoms with E-state index in [-0.39, 0.29) is 12.5 Å². The lowest BCUT2D eigenvalue weighted by molar-refractivity contribution is -0.0135. The second kappa shape index (κ2) is 7.43. The number of hydrogen-bond donors (Lipinski definition) is 3. The third-order valence-electron chi connectivity index (χ3n) is 5.07. The van der Waals surface area contributed by atoms with Crippen LogP contribution >= 0.6 is 0 Å². The fraction of sp³-hybridized carbons (Fsp3) is 0.400. The van der Waals surface area contributed by atoms with Crippen molar-refractivity contribution in [2.45, 2.75) is 25.4 Å². The molecule has 1 aromatic carbocycles. The molecule has 2 aromatic rings. The summed E-state index contributed by atoms with van der Waals surface area (Å²) in [6.45, 7) is 3.85. The van der Waals surface area contributed by atoms with Gasteiger partial charge in [-0.05, 0) is 56.1 Å². The summed E-state index contributed by atoms with van der Waals surface area (Å²) in [5, 5.41) is 13.5. The molecule has 1 aromatic heterocycles. The SMILES string of the molecule is Cc1cc(-c2cccc(C(=O)NCC3(O)CCN(C)CC3)c2)cnc1N. The number of amides is 1. The van der Waals surface area contributed by atoms with Crippen LogP contribution in [0, 0.1) is 6.92 Å². The van der Waals surface area contributed by atoms with E-state index in [0.717, 1.165) is 29.8 Å². The van der Waals surface area contributed by atoms with Crippen LogP contribution in [0.1, 0.15) is 28.8 Å². The number of nitrogens with one attached hydrogen (secondary N) is 1. The van der Waals surface area contributed by atoms with Crippen molar-refractivity contribution in [2.75, 3.05) is 32.4 Å². The largest absolute Gasteiger partial charge is 0.388 e. The first kappa shape index (κ1) is 18.4. The van der Waals surface area contributed by atoms with Crippen molar-refractivity contribution in [2.24, 2.45) is 0 Å². The number of hydrogen-bond acceptors (Lipinski definition) is 5. The number of aromatic nitrogens is 1. The zero-order valence-electron chi connectivity index (χ0n) is 15.3. The minimum absolute atomic E-state index is 0.181. The molecule has 0 spiro atoms. The van der Waals surface area contributed by atoms with Crippen LogP contribution in [-0.4, -0.2) is 53.2 Å². The molecule has 26 heavy (non-hydrogen) atoms. The number of nitrogens with zero attached hydrogens (tertiary/aromatic N) is 2. The second-order valence-corrected chi connectivity index (χ2v) is 7.22. The number of rotatable bonds is 4. The summed E-state index contributed by atoms with van der Waals surface area (Å²) in [6, 6.07) is 9.35. The maximum atomic E-state index is 12.5. The molecular weight excluding hydrogens is 328 g/mol. The number of anilines is 1. The summed E-state index contributed by atoms with van der Waals surface area (Å²) in [5.74, 6) is 0.327. The molecule has 1 amide bonds. The highest BCUT2D eigenvalue weighted by atomic mass is 16.3. The van der Waals surface area contributed by atoms with Gasteiger partial charge in [0.2, 0.25) is 0 Å². The van der Waals surface area contributed by atoms with Gasteiger partial charge in [-0.15, -0.1) is 0 Å². The molecule has 1 aliphatic rings. The van der Waals surface area contributed by atoms with Crippen LogP contribution in [0.15, 0.2) is 36.5 Å². The minimum Gasteiger partial charge on any atom is -0.388 e. The topological polar surface area (TPSA) is 91.5 Å². The van der Waals surface area contributed by atoms with E-state index in [1.54, 1.807) is 12.3 Å². The van der Waals surface area contributed by atoms with E-state index in [1.165, 1.54) is 0 Å². The predicted octanol–water partition coefficient (Wildman–Crippen LogP) is 1.83. The minimum atomic E-state index is -0.822. The Morgan fingerprint density at radius 1 is 1.31 bits per heavy atom. The highest BCUT2D eigenvalue weighted by molar-refractivity contribution is 5.95. The van der Waals surface area contributed by atoms with E-state index in [1.807, 2.05) is 38.2 Å². The standard InChI is InChI=1S/C20H26N4O2/c1-14-10-17(12-22-18(14)21)15-4-3-5-16(11-15)19(25)23-13-20(26)6-8-24(2)9-7-20/h3-5,10-12,26H,6-9,13H2,1-2H3,(H2,21,22)(H,23,25). The van der Waals surface area contributed by atoms with Crippen LogP contribution in [0.4, 0.5) is 5.82 Å². The van der Waals surface area contributed by atoms with Crippen molar-refractivity contribution >= 4 is 11.7 Å². The molecule has 0 unspecified atom stereocenters. The fourth-order valence-corrected chi connectivity index (χ4v) is 3.14. The number of nitrogens with two attached hydrogens (primary N) is 1. The van der Waals surface area contributed by atoms with Crippen LogP contribution in [0.3, 0.4) is 0 Å². The number of carbonyl (C=O) groups excluding carboxylic acids is 1. The second-order valence-electron chi connectivity index (χ2n) is 7.22. The van der Waals surface area contributed by atoms with Crippen molar-refractivity contribution in [1.29, 1.82) is 0 Å². The Kier molecular flexibility index (Phi) is 5.25. The average Bonchev–Trinajstić information content (AvgIpc) is 2.65. The summed E-state index contributed by atoms with van der Waals surface area (Å²) >= 11 is 0. The van der Waals surface area contributed by atoms with E-state index < -0.39 is 5.60 Å². The van der Waals surface area contributed by atoms with Gasteiger partial charge in [0.05, 0.1) is 5.60 Å². The van der Waals surface area contributed by atoms with E-state index >= 15 is 0 Å². The van der Waals surface area contributed by atoms with E-state index in [4.69, 9.17) is 5.73 Å². The number of benzene rings is 1. The molecular formula is C20H26N4O2. The van der Waals surface area contributed by atoms with E-state index in [2.05, 4.69) is 15.2 Å². The first-order chi connectivity index (χ1) is 12.4. The van der Waals surface area contributed by atoms with Crippen molar-refractivity contribution in [1.82, 2.24) is 15.2 Å². The van der Waals surface area contributed by atoms with Gasteiger partial charge in [-0.3, -0.25) is 4.79 Å². The molecule has 0 atom stereocenters. The Bertz CT molecular complexity index is 798. The van der Waals surface area contributed by atoms with E-state index in [0.29, 0.717) is 24.2 Å². The summed E-state index contributed by atoms with van der Waals surface area (Å²) in [5.41, 5.74) is 8.25. The molecule has 138 valence electrons. The number of piperidine rings is 1. The lowest BCUT2D eigenvalue weighted by atomic mass is 9.91. The molecule has 6 nitrogen and oxygen atoms in total. The zero-order valence-corrected chi connectivity index (χ0v) is 15.3. The predicted molar refractivity (Wildman–Crippen MR) is 103 cm³/mol. The third-order valence-corrected chi connectivity index (χ3v) is 5.07. The van der Waals surface area contributed by atoms with Crippen molar-refractivity contribution < 1.29 is 9.90 Å². The van der Waals surface area contributed by atoms with Gasteiger partial charge in [-0.1, -0.05) is 12.1 Å². The number of carbonyl (C=O) groups is 1. The molecule has 0 radical (unpaired) electrons. The van der Waals surface area contributed by atoms with Crippen molar-refractivity contribution in [3.63, 3.8) is 0 Å². The molecule has 4 N–H and O–H groups in total. The highest BCUT2D eigenvalue weighted by Gasteiger charge is 2.31. The number of likely N-dealkylation sites (tertiary alicyclic amines) is 1. The fourth-order valence-electron chi connectivity index (χ4n) is 3.14. The smallest absolute Gasteiger partial charge is 0.251 e. The molecule has 2 heterocycles. The van der Waals surface area contributed by atoms with Gasteiger partial charge < -0.3 is 21.1 Å². The van der Waals surface area contributed by atoms with Gasteiger partial charge in [0.15, 0.2) is 0 Å². The first-order valence-electron chi connectivity index (χ1n) is 8.88. The Morgan fingerprint density at radius 2 is 2.04 bits per heavy atom. The van der Waals surface area contributed by atoms with Crippen LogP contribution < -0.4 is 11.1 Å². The normalized spacial score (nSPS) is 17.0. The van der Waals surface area contributed by atoms with Gasteiger partial charge >= 0.3 is 0 Å². The first-order valence-corrected chi connectivity index (χ1v) is 8.88. The van der Waals surface area contributed by atoms with Crippen LogP contribution in [0.5, 0.6) is 0 Å². The Balaban J connectivity index is 1.69. The summed E-state index contributed by atoms with van der Waals surface area (Å²) in [6.07, 6.45) is 3.04. The van der Waals surface area contributed by atoms with Gasteiger partial charge in [-0.2, -0.15) is 0 Å². The monoisotopic (exact) mass is 354 g/mol. The van der Waals surface area contributed by atoms with Crippen molar-refractivity contribution in [3.05, 3.63) is 47.7 Å². The zero-order chi connectivity index (χ0) is 18.7. The number of pyridine rings is 1. The van der Waals surface area contributed by atoms with Crippen LogP contribution in [0.2, 0.25) is 0 Å². The maximum Gasteiger partial charge on any atom is 0.251 e. The maximum absolute atomic E-state index is 12.5. The van der Waals surface area contributed by atoms with Gasteiger partial charge in [0.25, 0.3) is 5.91 Å². The van der Waals surface area contributed by atoms with Crippen LogP contribution in [0.25, 0.3) is 11.1 Å².